The number of hydrogen-bond acceptors (Lipinski definition) is 5. The predicted molar refractivity (Wildman–Crippen MR) is 77.8 cm³/mol. The second kappa shape index (κ2) is 6.62. The molecule has 2 heterocycles. The van der Waals surface area contributed by atoms with Crippen LogP contribution < -0.4 is 4.72 Å². The molecular weight excluding hydrogens is 308 g/mol. The summed E-state index contributed by atoms with van der Waals surface area (Å²) < 4.78 is 16.9. The largest absolute Gasteiger partial charge is 0.586 e. The van der Waals surface area contributed by atoms with Crippen LogP contribution in [-0.2, 0) is 36.8 Å². The van der Waals surface area contributed by atoms with E-state index in [1.54, 1.807) is 26.5 Å². The Kier molecular flexibility index (Phi) is 4.83. The van der Waals surface area contributed by atoms with Gasteiger partial charge < -0.3 is 14.0 Å². The Morgan fingerprint density at radius 2 is 2.27 bits per heavy atom. The fraction of sp³-hybridized carbons (Fsp3) is 0.333. The van der Waals surface area contributed by atoms with Gasteiger partial charge in [0.2, 0.25) is 6.41 Å². The third-order valence-electron chi connectivity index (χ3n) is 3.07. The smallest absolute Gasteiger partial charge is 0.290 e. The van der Waals surface area contributed by atoms with Crippen LogP contribution in [0.25, 0.3) is 0 Å². The molecule has 2 rings (SSSR count). The standard InChI is InChI=1S/C12H16N6O3S/c1-16-5-4-13-10(16)7-17(2)12(20)9-6-11(15-18(9)3)22(21)14-8-19/h4-6,8H,7H2,1-3H3,(H,14,19). The molecule has 0 aliphatic carbocycles. The number of hydrogen-bond donors (Lipinski definition) is 1. The average molecular weight is 324 g/mol. The van der Waals surface area contributed by atoms with Crippen molar-refractivity contribution in [2.75, 3.05) is 7.05 Å². The molecule has 1 unspecified atom stereocenters. The molecule has 10 heteroatoms. The van der Waals surface area contributed by atoms with Gasteiger partial charge in [-0.2, -0.15) is 4.72 Å². The fourth-order valence-electron chi connectivity index (χ4n) is 1.86. The third kappa shape index (κ3) is 3.28. The van der Waals surface area contributed by atoms with Gasteiger partial charge in [-0.1, -0.05) is 0 Å². The molecule has 22 heavy (non-hydrogen) atoms. The Morgan fingerprint density at radius 3 is 2.86 bits per heavy atom. The van der Waals surface area contributed by atoms with Crippen molar-refractivity contribution in [3.8, 4) is 0 Å². The molecule has 0 fully saturated rings. The van der Waals surface area contributed by atoms with E-state index in [4.69, 9.17) is 0 Å². The maximum atomic E-state index is 12.4. The minimum absolute atomic E-state index is 0.114. The highest BCUT2D eigenvalue weighted by atomic mass is 32.2. The molecule has 118 valence electrons. The quantitative estimate of drug-likeness (QED) is 0.552. The van der Waals surface area contributed by atoms with Crippen LogP contribution >= 0.6 is 0 Å². The lowest BCUT2D eigenvalue weighted by Crippen LogP contribution is -2.29. The Balaban J connectivity index is 2.15. The van der Waals surface area contributed by atoms with Crippen molar-refractivity contribution in [2.45, 2.75) is 11.6 Å². The summed E-state index contributed by atoms with van der Waals surface area (Å²) in [6.07, 6.45) is 3.77. The van der Waals surface area contributed by atoms with E-state index < -0.39 is 11.4 Å². The van der Waals surface area contributed by atoms with Crippen LogP contribution in [0, 0.1) is 0 Å². The van der Waals surface area contributed by atoms with Gasteiger partial charge in [0.05, 0.1) is 6.54 Å². The van der Waals surface area contributed by atoms with Crippen LogP contribution in [-0.4, -0.2) is 48.1 Å². The van der Waals surface area contributed by atoms with E-state index in [1.807, 2.05) is 11.6 Å². The van der Waals surface area contributed by atoms with Crippen LogP contribution in [0.1, 0.15) is 16.3 Å². The first-order chi connectivity index (χ1) is 10.4. The van der Waals surface area contributed by atoms with E-state index >= 15 is 0 Å². The van der Waals surface area contributed by atoms with Gasteiger partial charge in [0.15, 0.2) is 0 Å². The van der Waals surface area contributed by atoms with Crippen molar-refractivity contribution in [3.63, 3.8) is 0 Å². The molecule has 0 saturated heterocycles. The number of nitrogens with zero attached hydrogens (tertiary/aromatic N) is 5. The first-order valence-electron chi connectivity index (χ1n) is 6.31. The normalized spacial score (nSPS) is 12.0. The van der Waals surface area contributed by atoms with Gasteiger partial charge in [0.1, 0.15) is 22.9 Å². The number of aryl methyl sites for hydroxylation is 2. The summed E-state index contributed by atoms with van der Waals surface area (Å²) in [5, 5.41) is 4.09. The molecule has 0 bridgehead atoms. The van der Waals surface area contributed by atoms with E-state index in [0.717, 1.165) is 5.82 Å². The number of carbonyl (C=O) groups is 2. The maximum Gasteiger partial charge on any atom is 0.290 e. The van der Waals surface area contributed by atoms with Crippen LogP contribution in [0.5, 0.6) is 0 Å². The number of rotatable bonds is 6. The zero-order chi connectivity index (χ0) is 16.3. The highest BCUT2D eigenvalue weighted by Crippen LogP contribution is 2.12. The number of aromatic nitrogens is 4. The number of carbonyl (C=O) groups excluding carboxylic acids is 2. The van der Waals surface area contributed by atoms with Crippen molar-refractivity contribution >= 4 is 23.7 Å². The van der Waals surface area contributed by atoms with E-state index in [-0.39, 0.29) is 16.6 Å². The predicted octanol–water partition coefficient (Wildman–Crippen LogP) is -0.806. The lowest BCUT2D eigenvalue weighted by molar-refractivity contribution is -0.108. The number of amides is 2. The van der Waals surface area contributed by atoms with Gasteiger partial charge in [0, 0.05) is 39.6 Å². The van der Waals surface area contributed by atoms with E-state index in [1.165, 1.54) is 15.6 Å². The maximum absolute atomic E-state index is 12.4. The molecule has 1 atom stereocenters. The zero-order valence-corrected chi connectivity index (χ0v) is 13.2. The zero-order valence-electron chi connectivity index (χ0n) is 12.4. The Bertz CT molecular complexity index is 682. The second-order valence-corrected chi connectivity index (χ2v) is 5.80. The molecule has 2 aromatic rings. The van der Waals surface area contributed by atoms with Crippen LogP contribution in [0.3, 0.4) is 0 Å². The van der Waals surface area contributed by atoms with Crippen molar-refractivity contribution in [3.05, 3.63) is 30.0 Å². The van der Waals surface area contributed by atoms with Gasteiger partial charge in [-0.05, 0) is 0 Å². The molecule has 0 aliphatic rings. The van der Waals surface area contributed by atoms with E-state index in [2.05, 4.69) is 14.8 Å². The van der Waals surface area contributed by atoms with Crippen LogP contribution in [0.15, 0.2) is 23.5 Å². The summed E-state index contributed by atoms with van der Waals surface area (Å²) in [5.41, 5.74) is 0.271. The summed E-state index contributed by atoms with van der Waals surface area (Å²) in [7, 11) is 5.06. The van der Waals surface area contributed by atoms with Gasteiger partial charge in [-0.25, -0.2) is 4.98 Å². The van der Waals surface area contributed by atoms with Crippen LogP contribution in [0.4, 0.5) is 0 Å². The number of nitrogens with one attached hydrogen (secondary N) is 1. The Hall–Kier alpha value is -2.33. The van der Waals surface area contributed by atoms with Crippen molar-refractivity contribution in [2.24, 2.45) is 14.1 Å². The first-order valence-corrected chi connectivity index (χ1v) is 7.46. The third-order valence-corrected chi connectivity index (χ3v) is 3.96. The van der Waals surface area contributed by atoms with E-state index in [0.29, 0.717) is 13.0 Å². The van der Waals surface area contributed by atoms with Gasteiger partial charge in [-0.3, -0.25) is 14.3 Å². The van der Waals surface area contributed by atoms with Crippen molar-refractivity contribution in [1.82, 2.24) is 29.0 Å². The minimum atomic E-state index is -1.78. The van der Waals surface area contributed by atoms with Crippen LogP contribution in [0.2, 0.25) is 0 Å². The summed E-state index contributed by atoms with van der Waals surface area (Å²) in [4.78, 5) is 28.4. The highest BCUT2D eigenvalue weighted by Gasteiger charge is 2.23. The SMILES string of the molecule is CN(Cc1nccn1C)C(=O)c1cc([S+]([O-])NC=O)nn1C. The van der Waals surface area contributed by atoms with E-state index in [9.17, 15) is 14.1 Å². The van der Waals surface area contributed by atoms with Crippen molar-refractivity contribution < 1.29 is 14.1 Å². The van der Waals surface area contributed by atoms with Crippen molar-refractivity contribution in [1.29, 1.82) is 0 Å². The van der Waals surface area contributed by atoms with Gasteiger partial charge in [0.25, 0.3) is 10.9 Å². The summed E-state index contributed by atoms with van der Waals surface area (Å²) in [5.74, 6) is 0.455. The summed E-state index contributed by atoms with van der Waals surface area (Å²) >= 11 is -1.78. The monoisotopic (exact) mass is 324 g/mol. The molecular formula is C12H16N6O3S. The second-order valence-electron chi connectivity index (χ2n) is 4.61. The number of imidazole rings is 1. The molecule has 0 saturated carbocycles. The van der Waals surface area contributed by atoms with Gasteiger partial charge >= 0.3 is 0 Å². The summed E-state index contributed by atoms with van der Waals surface area (Å²) in [6.45, 7) is 0.332. The summed E-state index contributed by atoms with van der Waals surface area (Å²) in [6, 6.07) is 1.39. The minimum Gasteiger partial charge on any atom is -0.586 e. The lowest BCUT2D eigenvalue weighted by Gasteiger charge is -2.16. The fourth-order valence-corrected chi connectivity index (χ4v) is 2.49. The molecule has 0 radical (unpaired) electrons. The molecule has 9 nitrogen and oxygen atoms in total. The van der Waals surface area contributed by atoms with Gasteiger partial charge in [-0.15, -0.1) is 5.10 Å². The Labute approximate surface area is 130 Å². The molecule has 1 N–H and O–H groups in total. The highest BCUT2D eigenvalue weighted by molar-refractivity contribution is 7.89. The Morgan fingerprint density at radius 1 is 1.55 bits per heavy atom. The topological polar surface area (TPSA) is 108 Å². The lowest BCUT2D eigenvalue weighted by atomic mass is 10.3. The molecule has 2 amide bonds. The molecule has 2 aromatic heterocycles. The average Bonchev–Trinajstić information content (AvgIpc) is 3.05. The first kappa shape index (κ1) is 16.0. The molecule has 0 spiro atoms. The molecule has 0 aromatic carbocycles. The molecule has 0 aliphatic heterocycles.